The summed E-state index contributed by atoms with van der Waals surface area (Å²) < 4.78 is 12.1. The van der Waals surface area contributed by atoms with Crippen LogP contribution in [0.15, 0.2) is 51.2 Å². The van der Waals surface area contributed by atoms with Crippen LogP contribution in [-0.4, -0.2) is 15.3 Å². The second-order valence-corrected chi connectivity index (χ2v) is 8.27. The van der Waals surface area contributed by atoms with Gasteiger partial charge in [-0.05, 0) is 38.0 Å². The maximum absolute atomic E-state index is 13.6. The largest absolute Gasteiger partial charge is 0.508 e. The van der Waals surface area contributed by atoms with Crippen molar-refractivity contribution in [3.8, 4) is 34.3 Å². The molecule has 0 spiro atoms. The first-order chi connectivity index (χ1) is 14.7. The van der Waals surface area contributed by atoms with Crippen molar-refractivity contribution < 1.29 is 24.5 Å². The monoisotopic (exact) mass is 420 g/mol. The lowest BCUT2D eigenvalue weighted by atomic mass is 9.94. The Kier molecular flexibility index (Phi) is 5.01. The van der Waals surface area contributed by atoms with E-state index in [0.29, 0.717) is 11.3 Å². The van der Waals surface area contributed by atoms with Crippen molar-refractivity contribution in [2.45, 2.75) is 33.8 Å². The molecule has 2 heterocycles. The Bertz CT molecular complexity index is 1310. The van der Waals surface area contributed by atoms with Crippen LogP contribution < -0.4 is 10.2 Å². The Morgan fingerprint density at radius 3 is 2.55 bits per heavy atom. The molecule has 160 valence electrons. The summed E-state index contributed by atoms with van der Waals surface area (Å²) >= 11 is 0. The summed E-state index contributed by atoms with van der Waals surface area (Å²) in [5, 5.41) is 31.2. The fraction of sp³-hybridized carbons (Fsp3) is 0.240. The van der Waals surface area contributed by atoms with Crippen molar-refractivity contribution in [3.05, 3.63) is 63.3 Å². The lowest BCUT2D eigenvalue weighted by Gasteiger charge is -2.26. The van der Waals surface area contributed by atoms with Crippen LogP contribution in [0.3, 0.4) is 0 Å². The van der Waals surface area contributed by atoms with Crippen LogP contribution in [0.1, 0.15) is 44.9 Å². The molecule has 0 radical (unpaired) electrons. The van der Waals surface area contributed by atoms with Gasteiger partial charge in [0.15, 0.2) is 0 Å². The van der Waals surface area contributed by atoms with Gasteiger partial charge in [0.05, 0.1) is 16.7 Å². The highest BCUT2D eigenvalue weighted by Gasteiger charge is 2.32. The molecule has 0 amide bonds. The predicted molar refractivity (Wildman–Crippen MR) is 120 cm³/mol. The minimum absolute atomic E-state index is 0.0158. The Hall–Kier alpha value is -3.67. The smallest absolute Gasteiger partial charge is 0.204 e. The predicted octanol–water partition coefficient (Wildman–Crippen LogP) is 5.65. The zero-order valence-corrected chi connectivity index (χ0v) is 17.8. The molecule has 0 aliphatic carbocycles. The van der Waals surface area contributed by atoms with E-state index in [1.807, 2.05) is 33.8 Å². The molecule has 0 saturated heterocycles. The summed E-state index contributed by atoms with van der Waals surface area (Å²) in [6, 6.07) is 5.88. The average molecular weight is 420 g/mol. The molecule has 0 fully saturated rings. The van der Waals surface area contributed by atoms with Gasteiger partial charge in [0.25, 0.3) is 0 Å². The first kappa shape index (κ1) is 20.6. The van der Waals surface area contributed by atoms with Crippen molar-refractivity contribution in [2.75, 3.05) is 0 Å². The van der Waals surface area contributed by atoms with Crippen LogP contribution in [0.5, 0.6) is 23.0 Å². The molecule has 2 aromatic carbocycles. The van der Waals surface area contributed by atoms with Crippen LogP contribution >= 0.6 is 0 Å². The van der Waals surface area contributed by atoms with Gasteiger partial charge in [0, 0.05) is 12.1 Å². The molecule has 1 aliphatic rings. The zero-order chi connectivity index (χ0) is 22.4. The second kappa shape index (κ2) is 7.54. The summed E-state index contributed by atoms with van der Waals surface area (Å²) in [4.78, 5) is 13.6. The Morgan fingerprint density at radius 1 is 1.13 bits per heavy atom. The molecule has 1 unspecified atom stereocenters. The van der Waals surface area contributed by atoms with Crippen LogP contribution in [0.25, 0.3) is 28.4 Å². The lowest BCUT2D eigenvalue weighted by Crippen LogP contribution is -2.22. The number of phenols is 3. The quantitative estimate of drug-likeness (QED) is 0.474. The van der Waals surface area contributed by atoms with E-state index >= 15 is 0 Å². The highest BCUT2D eigenvalue weighted by Crippen LogP contribution is 2.46. The van der Waals surface area contributed by atoms with Gasteiger partial charge in [0.2, 0.25) is 5.43 Å². The number of ether oxygens (including phenoxy) is 1. The van der Waals surface area contributed by atoms with Crippen molar-refractivity contribution in [1.29, 1.82) is 0 Å². The Balaban J connectivity index is 2.08. The van der Waals surface area contributed by atoms with Crippen LogP contribution in [-0.2, 0) is 0 Å². The van der Waals surface area contributed by atoms with E-state index < -0.39 is 11.5 Å². The fourth-order valence-electron chi connectivity index (χ4n) is 3.67. The topological polar surface area (TPSA) is 100 Å². The van der Waals surface area contributed by atoms with Gasteiger partial charge in [0.1, 0.15) is 45.8 Å². The van der Waals surface area contributed by atoms with Crippen molar-refractivity contribution in [1.82, 2.24) is 0 Å². The summed E-state index contributed by atoms with van der Waals surface area (Å²) in [5.41, 5.74) is 1.48. The van der Waals surface area contributed by atoms with E-state index in [-0.39, 0.29) is 51.0 Å². The molecule has 1 atom stereocenters. The van der Waals surface area contributed by atoms with Gasteiger partial charge >= 0.3 is 0 Å². The number of hydrogen-bond acceptors (Lipinski definition) is 6. The number of rotatable bonds is 3. The molecule has 3 aromatic rings. The van der Waals surface area contributed by atoms with E-state index in [9.17, 15) is 20.1 Å². The molecule has 1 aliphatic heterocycles. The number of hydrogen-bond donors (Lipinski definition) is 3. The normalized spacial score (nSPS) is 15.1. The SMILES string of the molecule is CC(C)=CC1Oc2cc(O)ccc2-c2oc3cc(O)c(C=CC(C)C)c(O)c3c(=O)c21. The number of fused-ring (bicyclic) bond motifs is 4. The van der Waals surface area contributed by atoms with E-state index in [0.717, 1.165) is 5.57 Å². The van der Waals surface area contributed by atoms with Gasteiger partial charge in [-0.2, -0.15) is 0 Å². The zero-order valence-electron chi connectivity index (χ0n) is 17.8. The van der Waals surface area contributed by atoms with Gasteiger partial charge in [-0.3, -0.25) is 4.79 Å². The first-order valence-corrected chi connectivity index (χ1v) is 10.1. The maximum Gasteiger partial charge on any atom is 0.204 e. The minimum Gasteiger partial charge on any atom is -0.508 e. The molecular formula is C25H24O6. The minimum atomic E-state index is -0.752. The standard InChI is InChI=1S/C25H24O6/c1-12(2)5-7-15-17(27)11-20-21(23(15)28)24(29)22-19(9-13(3)4)30-18-10-14(26)6-8-16(18)25(22)31-20/h5-12,19,26-28H,1-4H3. The molecule has 4 rings (SSSR count). The maximum atomic E-state index is 13.6. The number of aromatic hydroxyl groups is 3. The Morgan fingerprint density at radius 2 is 1.87 bits per heavy atom. The van der Waals surface area contributed by atoms with Gasteiger partial charge in [-0.25, -0.2) is 0 Å². The second-order valence-electron chi connectivity index (χ2n) is 8.27. The average Bonchev–Trinajstić information content (AvgIpc) is 2.66. The number of allylic oxidation sites excluding steroid dienone is 2. The van der Waals surface area contributed by atoms with E-state index in [4.69, 9.17) is 9.15 Å². The molecule has 31 heavy (non-hydrogen) atoms. The molecule has 0 bridgehead atoms. The van der Waals surface area contributed by atoms with Crippen LogP contribution in [0, 0.1) is 5.92 Å². The molecule has 0 saturated carbocycles. The van der Waals surface area contributed by atoms with Crippen LogP contribution in [0.4, 0.5) is 0 Å². The lowest BCUT2D eigenvalue weighted by molar-refractivity contribution is 0.243. The molecular weight excluding hydrogens is 396 g/mol. The number of phenolic OH excluding ortho intramolecular Hbond substituents is 3. The van der Waals surface area contributed by atoms with E-state index in [2.05, 4.69) is 0 Å². The third-order valence-corrected chi connectivity index (χ3v) is 5.09. The van der Waals surface area contributed by atoms with Gasteiger partial charge in [-0.1, -0.05) is 31.6 Å². The molecule has 1 aromatic heterocycles. The highest BCUT2D eigenvalue weighted by molar-refractivity contribution is 5.92. The number of benzene rings is 2. The highest BCUT2D eigenvalue weighted by atomic mass is 16.5. The molecule has 3 N–H and O–H groups in total. The first-order valence-electron chi connectivity index (χ1n) is 10.1. The third-order valence-electron chi connectivity index (χ3n) is 5.09. The summed E-state index contributed by atoms with van der Waals surface area (Å²) in [6.45, 7) is 7.70. The molecule has 6 heteroatoms. The van der Waals surface area contributed by atoms with Gasteiger partial charge in [-0.15, -0.1) is 0 Å². The summed E-state index contributed by atoms with van der Waals surface area (Å²) in [5.74, 6) is 0.351. The van der Waals surface area contributed by atoms with Crippen LogP contribution in [0.2, 0.25) is 0 Å². The van der Waals surface area contributed by atoms with Gasteiger partial charge < -0.3 is 24.5 Å². The van der Waals surface area contributed by atoms with E-state index in [1.54, 1.807) is 18.2 Å². The summed E-state index contributed by atoms with van der Waals surface area (Å²) in [7, 11) is 0. The van der Waals surface area contributed by atoms with Crippen molar-refractivity contribution >= 4 is 17.0 Å². The third kappa shape index (κ3) is 3.54. The van der Waals surface area contributed by atoms with E-state index in [1.165, 1.54) is 18.2 Å². The van der Waals surface area contributed by atoms with Crippen molar-refractivity contribution in [2.24, 2.45) is 5.92 Å². The molecule has 6 nitrogen and oxygen atoms in total. The summed E-state index contributed by atoms with van der Waals surface area (Å²) in [6.07, 6.45) is 4.44. The fourth-order valence-corrected chi connectivity index (χ4v) is 3.67. The Labute approximate surface area is 179 Å². The van der Waals surface area contributed by atoms with Crippen molar-refractivity contribution in [3.63, 3.8) is 0 Å².